The number of rotatable bonds is 7. The number of nitrogens with one attached hydrogen (secondary N) is 1. The lowest BCUT2D eigenvalue weighted by Crippen LogP contribution is -2.21. The zero-order chi connectivity index (χ0) is 12.8. The number of furan rings is 1. The topological polar surface area (TPSA) is 82.7 Å². The average molecular weight is 241 g/mol. The van der Waals surface area contributed by atoms with Crippen molar-refractivity contribution in [2.75, 3.05) is 13.2 Å². The second kappa shape index (κ2) is 6.42. The van der Waals surface area contributed by atoms with Gasteiger partial charge in [-0.1, -0.05) is 6.92 Å². The standard InChI is InChI=1S/C12H19NO4/c1-8(3-4-14)6-13-7-10-5-11(12(15)16)17-9(10)2/h5,8,13-14H,3-4,6-7H2,1-2H3,(H,15,16). The van der Waals surface area contributed by atoms with Crippen LogP contribution in [-0.4, -0.2) is 29.3 Å². The van der Waals surface area contributed by atoms with Crippen molar-refractivity contribution in [1.29, 1.82) is 0 Å². The van der Waals surface area contributed by atoms with Crippen LogP contribution >= 0.6 is 0 Å². The van der Waals surface area contributed by atoms with Gasteiger partial charge >= 0.3 is 5.97 Å². The molecule has 0 fully saturated rings. The number of carboxylic acids is 1. The lowest BCUT2D eigenvalue weighted by molar-refractivity contribution is 0.0661. The van der Waals surface area contributed by atoms with Gasteiger partial charge in [-0.05, 0) is 31.9 Å². The first-order valence-electron chi connectivity index (χ1n) is 5.68. The van der Waals surface area contributed by atoms with Gasteiger partial charge in [-0.3, -0.25) is 0 Å². The molecule has 96 valence electrons. The fraction of sp³-hybridized carbons (Fsp3) is 0.583. The van der Waals surface area contributed by atoms with Crippen molar-refractivity contribution in [2.24, 2.45) is 5.92 Å². The third kappa shape index (κ3) is 4.20. The van der Waals surface area contributed by atoms with E-state index in [-0.39, 0.29) is 12.4 Å². The molecule has 0 aliphatic heterocycles. The Balaban J connectivity index is 2.44. The van der Waals surface area contributed by atoms with Crippen LogP contribution in [0, 0.1) is 12.8 Å². The molecule has 0 radical (unpaired) electrons. The summed E-state index contributed by atoms with van der Waals surface area (Å²) in [5.74, 6) is -0.0495. The fourth-order valence-electron chi connectivity index (χ4n) is 1.58. The van der Waals surface area contributed by atoms with E-state index in [1.165, 1.54) is 0 Å². The lowest BCUT2D eigenvalue weighted by Gasteiger charge is -2.10. The first-order chi connectivity index (χ1) is 8.04. The second-order valence-corrected chi connectivity index (χ2v) is 4.25. The Morgan fingerprint density at radius 1 is 1.59 bits per heavy atom. The van der Waals surface area contributed by atoms with Crippen LogP contribution in [-0.2, 0) is 6.54 Å². The van der Waals surface area contributed by atoms with Crippen LogP contribution in [0.5, 0.6) is 0 Å². The Hall–Kier alpha value is -1.33. The molecule has 3 N–H and O–H groups in total. The van der Waals surface area contributed by atoms with E-state index in [4.69, 9.17) is 14.6 Å². The Morgan fingerprint density at radius 2 is 2.29 bits per heavy atom. The summed E-state index contributed by atoms with van der Waals surface area (Å²) < 4.78 is 5.10. The highest BCUT2D eigenvalue weighted by Crippen LogP contribution is 2.14. The summed E-state index contributed by atoms with van der Waals surface area (Å²) in [6, 6.07) is 1.54. The zero-order valence-corrected chi connectivity index (χ0v) is 10.2. The molecule has 1 atom stereocenters. The molecule has 5 nitrogen and oxygen atoms in total. The molecule has 1 rings (SSSR count). The normalized spacial score (nSPS) is 12.6. The number of carbonyl (C=O) groups is 1. The molecule has 1 aromatic rings. The SMILES string of the molecule is Cc1oc(C(=O)O)cc1CNCC(C)CCO. The van der Waals surface area contributed by atoms with Gasteiger partial charge in [-0.15, -0.1) is 0 Å². The minimum Gasteiger partial charge on any atom is -0.475 e. The van der Waals surface area contributed by atoms with E-state index in [0.717, 1.165) is 18.5 Å². The van der Waals surface area contributed by atoms with Crippen molar-refractivity contribution in [2.45, 2.75) is 26.8 Å². The molecule has 0 saturated heterocycles. The Morgan fingerprint density at radius 3 is 2.82 bits per heavy atom. The summed E-state index contributed by atoms with van der Waals surface area (Å²) in [7, 11) is 0. The van der Waals surface area contributed by atoms with E-state index >= 15 is 0 Å². The van der Waals surface area contributed by atoms with Gasteiger partial charge in [0.1, 0.15) is 5.76 Å². The third-order valence-electron chi connectivity index (χ3n) is 2.66. The number of carboxylic acid groups (broad SMARTS) is 1. The molecule has 0 amide bonds. The van der Waals surface area contributed by atoms with Gasteiger partial charge in [0.25, 0.3) is 0 Å². The molecule has 1 heterocycles. The van der Waals surface area contributed by atoms with Crippen molar-refractivity contribution >= 4 is 5.97 Å². The van der Waals surface area contributed by atoms with Crippen LogP contribution in [0.4, 0.5) is 0 Å². The number of aromatic carboxylic acids is 1. The number of hydrogen-bond acceptors (Lipinski definition) is 4. The van der Waals surface area contributed by atoms with E-state index in [1.807, 2.05) is 6.92 Å². The molecule has 0 aliphatic carbocycles. The smallest absolute Gasteiger partial charge is 0.371 e. The van der Waals surface area contributed by atoms with Gasteiger partial charge in [-0.2, -0.15) is 0 Å². The van der Waals surface area contributed by atoms with E-state index < -0.39 is 5.97 Å². The number of hydrogen-bond donors (Lipinski definition) is 3. The maximum absolute atomic E-state index is 10.7. The maximum atomic E-state index is 10.7. The predicted octanol–water partition coefficient (Wildman–Crippen LogP) is 1.39. The van der Waals surface area contributed by atoms with Gasteiger partial charge in [-0.25, -0.2) is 4.79 Å². The van der Waals surface area contributed by atoms with Crippen molar-refractivity contribution in [1.82, 2.24) is 5.32 Å². The monoisotopic (exact) mass is 241 g/mol. The van der Waals surface area contributed by atoms with Crippen LogP contribution < -0.4 is 5.32 Å². The van der Waals surface area contributed by atoms with E-state index in [1.54, 1.807) is 13.0 Å². The average Bonchev–Trinajstić information content (AvgIpc) is 2.61. The molecule has 1 unspecified atom stereocenters. The molecule has 0 aliphatic rings. The minimum absolute atomic E-state index is 0.0253. The summed E-state index contributed by atoms with van der Waals surface area (Å²) in [6.07, 6.45) is 0.762. The van der Waals surface area contributed by atoms with Gasteiger partial charge < -0.3 is 19.9 Å². The van der Waals surface area contributed by atoms with E-state index in [2.05, 4.69) is 5.32 Å². The van der Waals surface area contributed by atoms with Crippen molar-refractivity contribution < 1.29 is 19.4 Å². The number of aryl methyl sites for hydroxylation is 1. The van der Waals surface area contributed by atoms with Crippen LogP contribution in [0.1, 0.15) is 35.2 Å². The molecule has 0 spiro atoms. The third-order valence-corrected chi connectivity index (χ3v) is 2.66. The number of aliphatic hydroxyl groups is 1. The summed E-state index contributed by atoms with van der Waals surface area (Å²) >= 11 is 0. The maximum Gasteiger partial charge on any atom is 0.371 e. The second-order valence-electron chi connectivity index (χ2n) is 4.25. The first kappa shape index (κ1) is 13.7. The van der Waals surface area contributed by atoms with E-state index in [9.17, 15) is 4.79 Å². The summed E-state index contributed by atoms with van der Waals surface area (Å²) in [5.41, 5.74) is 0.860. The molecular weight excluding hydrogens is 222 g/mol. The minimum atomic E-state index is -1.05. The van der Waals surface area contributed by atoms with E-state index in [0.29, 0.717) is 18.2 Å². The molecule has 5 heteroatoms. The van der Waals surface area contributed by atoms with Gasteiger partial charge in [0.2, 0.25) is 5.76 Å². The zero-order valence-electron chi connectivity index (χ0n) is 10.2. The van der Waals surface area contributed by atoms with Crippen molar-refractivity contribution in [3.8, 4) is 0 Å². The van der Waals surface area contributed by atoms with Crippen molar-refractivity contribution in [3.63, 3.8) is 0 Å². The first-order valence-corrected chi connectivity index (χ1v) is 5.68. The van der Waals surface area contributed by atoms with Crippen LogP contribution in [0.2, 0.25) is 0 Å². The van der Waals surface area contributed by atoms with Crippen LogP contribution in [0.25, 0.3) is 0 Å². The van der Waals surface area contributed by atoms with Gasteiger partial charge in [0.15, 0.2) is 0 Å². The van der Waals surface area contributed by atoms with Gasteiger partial charge in [0, 0.05) is 18.7 Å². The summed E-state index contributed by atoms with van der Waals surface area (Å²) in [6.45, 7) is 5.36. The Kier molecular flexibility index (Phi) is 5.18. The molecule has 0 bridgehead atoms. The summed E-state index contributed by atoms with van der Waals surface area (Å²) in [5, 5.41) is 20.7. The number of aliphatic hydroxyl groups excluding tert-OH is 1. The molecule has 1 aromatic heterocycles. The highest BCUT2D eigenvalue weighted by molar-refractivity contribution is 5.84. The molecular formula is C12H19NO4. The highest BCUT2D eigenvalue weighted by Gasteiger charge is 2.12. The quantitative estimate of drug-likeness (QED) is 0.672. The van der Waals surface area contributed by atoms with Gasteiger partial charge in [0.05, 0.1) is 0 Å². The summed E-state index contributed by atoms with van der Waals surface area (Å²) in [4.78, 5) is 10.7. The van der Waals surface area contributed by atoms with Crippen LogP contribution in [0.3, 0.4) is 0 Å². The Bertz CT molecular complexity index is 373. The Labute approximate surface area is 100 Å². The molecule has 0 saturated carbocycles. The largest absolute Gasteiger partial charge is 0.475 e. The predicted molar refractivity (Wildman–Crippen MR) is 63.0 cm³/mol. The van der Waals surface area contributed by atoms with Crippen LogP contribution in [0.15, 0.2) is 10.5 Å². The fourth-order valence-corrected chi connectivity index (χ4v) is 1.58. The molecule has 0 aromatic carbocycles. The molecule has 17 heavy (non-hydrogen) atoms. The lowest BCUT2D eigenvalue weighted by atomic mass is 10.1. The highest BCUT2D eigenvalue weighted by atomic mass is 16.4. The van der Waals surface area contributed by atoms with Crippen molar-refractivity contribution in [3.05, 3.63) is 23.2 Å².